The van der Waals surface area contributed by atoms with Crippen LogP contribution in [0.2, 0.25) is 18.1 Å². The Labute approximate surface area is 239 Å². The summed E-state index contributed by atoms with van der Waals surface area (Å²) in [6.07, 6.45) is 2.85. The lowest BCUT2D eigenvalue weighted by Crippen LogP contribution is -2.56. The summed E-state index contributed by atoms with van der Waals surface area (Å²) in [5, 5.41) is 12.6. The summed E-state index contributed by atoms with van der Waals surface area (Å²) in [6, 6.07) is 31.8. The van der Waals surface area contributed by atoms with Crippen LogP contribution in [0.15, 0.2) is 97.2 Å². The molecule has 3 aromatic carbocycles. The molecule has 1 fully saturated rings. The number of rotatable bonds is 10. The lowest BCUT2D eigenvalue weighted by atomic mass is 9.79. The monoisotopic (exact) mass is 554 g/mol. The van der Waals surface area contributed by atoms with E-state index < -0.39 is 13.9 Å². The lowest BCUT2D eigenvalue weighted by molar-refractivity contribution is 0.0286. The molecular formula is C33H42N4O2Si. The summed E-state index contributed by atoms with van der Waals surface area (Å²) in [7, 11) is -2.20. The number of nitrogens with zero attached hydrogens (tertiary/aromatic N) is 3. The number of aromatic nitrogens is 3. The second-order valence-corrected chi connectivity index (χ2v) is 17.1. The van der Waals surface area contributed by atoms with Crippen molar-refractivity contribution in [2.45, 2.75) is 76.2 Å². The van der Waals surface area contributed by atoms with Crippen molar-refractivity contribution in [3.63, 3.8) is 0 Å². The predicted octanol–water partition coefficient (Wildman–Crippen LogP) is 6.54. The molecule has 1 aliphatic rings. The summed E-state index contributed by atoms with van der Waals surface area (Å²) in [6.45, 7) is 13.5. The van der Waals surface area contributed by atoms with Gasteiger partial charge in [0, 0.05) is 12.6 Å². The van der Waals surface area contributed by atoms with Gasteiger partial charge in [-0.3, -0.25) is 0 Å². The van der Waals surface area contributed by atoms with Crippen molar-refractivity contribution < 1.29 is 9.16 Å². The highest BCUT2D eigenvalue weighted by molar-refractivity contribution is 6.74. The third-order valence-electron chi connectivity index (χ3n) is 8.45. The first kappa shape index (κ1) is 28.4. The first-order valence-corrected chi connectivity index (χ1v) is 17.2. The molecule has 2 atom stereocenters. The highest BCUT2D eigenvalue weighted by Gasteiger charge is 2.52. The molecule has 5 rings (SSSR count). The van der Waals surface area contributed by atoms with E-state index in [1.54, 1.807) is 0 Å². The zero-order valence-corrected chi connectivity index (χ0v) is 25.4. The van der Waals surface area contributed by atoms with Gasteiger partial charge in [-0.15, -0.1) is 5.10 Å². The quantitative estimate of drug-likeness (QED) is 0.226. The maximum absolute atomic E-state index is 7.51. The number of hydrogen-bond donors (Lipinski definition) is 1. The van der Waals surface area contributed by atoms with Crippen LogP contribution in [0.1, 0.15) is 49.6 Å². The van der Waals surface area contributed by atoms with Gasteiger partial charge >= 0.3 is 0 Å². The zero-order valence-electron chi connectivity index (χ0n) is 24.4. The maximum atomic E-state index is 7.51. The van der Waals surface area contributed by atoms with Crippen LogP contribution in [0.4, 0.5) is 0 Å². The molecule has 0 aliphatic carbocycles. The third-order valence-corrected chi connectivity index (χ3v) is 12.9. The Kier molecular flexibility index (Phi) is 8.38. The van der Waals surface area contributed by atoms with E-state index in [4.69, 9.17) is 9.16 Å². The highest BCUT2D eigenvalue weighted by atomic mass is 28.4. The van der Waals surface area contributed by atoms with Gasteiger partial charge in [-0.2, -0.15) is 0 Å². The number of hydrogen-bond acceptors (Lipinski definition) is 5. The first-order chi connectivity index (χ1) is 19.2. The molecule has 1 N–H and O–H groups in total. The molecule has 210 valence electrons. The van der Waals surface area contributed by atoms with Crippen molar-refractivity contribution in [1.29, 1.82) is 0 Å². The van der Waals surface area contributed by atoms with Crippen molar-refractivity contribution >= 4 is 8.32 Å². The van der Waals surface area contributed by atoms with Crippen molar-refractivity contribution in [2.75, 3.05) is 6.54 Å². The van der Waals surface area contributed by atoms with Crippen LogP contribution in [-0.4, -0.2) is 42.0 Å². The number of ether oxygens (including phenoxy) is 1. The molecule has 1 aliphatic heterocycles. The van der Waals surface area contributed by atoms with Gasteiger partial charge in [-0.05, 0) is 41.2 Å². The summed E-state index contributed by atoms with van der Waals surface area (Å²) in [5.74, 6) is 0. The van der Waals surface area contributed by atoms with E-state index in [0.717, 1.165) is 18.7 Å². The Morgan fingerprint density at radius 1 is 0.875 bits per heavy atom. The smallest absolute Gasteiger partial charge is 0.193 e. The standard InChI is InChI=1S/C33H42N4O2Si/c1-32(2,3)40(4,5)39-33(27-17-11-7-12-18-27,28-19-13-8-14-20-28)31-21-30(22-34-31)38-25-29-24-37(36-35-29)23-26-15-9-6-10-16-26/h6-20,24,30-31,34H,21-23,25H2,1-5H3/t30-,31+/m1/s1. The largest absolute Gasteiger partial charge is 0.402 e. The normalized spacial score (nSPS) is 18.2. The Hall–Kier alpha value is -3.10. The summed E-state index contributed by atoms with van der Waals surface area (Å²) < 4.78 is 15.8. The van der Waals surface area contributed by atoms with Crippen LogP contribution in [0.3, 0.4) is 0 Å². The molecule has 6 nitrogen and oxygen atoms in total. The summed E-state index contributed by atoms with van der Waals surface area (Å²) in [5.41, 5.74) is 3.75. The molecule has 2 heterocycles. The molecule has 7 heteroatoms. The van der Waals surface area contributed by atoms with E-state index in [9.17, 15) is 0 Å². The minimum absolute atomic E-state index is 0.0408. The van der Waals surface area contributed by atoms with Crippen LogP contribution >= 0.6 is 0 Å². The third kappa shape index (κ3) is 6.13. The summed E-state index contributed by atoms with van der Waals surface area (Å²) in [4.78, 5) is 0. The molecule has 0 bridgehead atoms. The molecule has 4 aromatic rings. The summed E-state index contributed by atoms with van der Waals surface area (Å²) >= 11 is 0. The number of nitrogens with one attached hydrogen (secondary N) is 1. The van der Waals surface area contributed by atoms with Gasteiger partial charge < -0.3 is 14.5 Å². The van der Waals surface area contributed by atoms with Crippen molar-refractivity contribution in [1.82, 2.24) is 20.3 Å². The fourth-order valence-electron chi connectivity index (χ4n) is 5.28. The van der Waals surface area contributed by atoms with Gasteiger partial charge in [0.2, 0.25) is 0 Å². The second-order valence-electron chi connectivity index (χ2n) is 12.4. The van der Waals surface area contributed by atoms with E-state index in [-0.39, 0.29) is 17.2 Å². The lowest BCUT2D eigenvalue weighted by Gasteiger charge is -2.49. The van der Waals surface area contributed by atoms with Gasteiger partial charge in [-0.25, -0.2) is 4.68 Å². The predicted molar refractivity (Wildman–Crippen MR) is 162 cm³/mol. The van der Waals surface area contributed by atoms with Crippen LogP contribution in [0.25, 0.3) is 0 Å². The first-order valence-electron chi connectivity index (χ1n) is 14.3. The van der Waals surface area contributed by atoms with Gasteiger partial charge in [0.1, 0.15) is 11.3 Å². The molecule has 0 saturated carbocycles. The molecular weight excluding hydrogens is 512 g/mol. The van der Waals surface area contributed by atoms with Crippen molar-refractivity contribution in [3.05, 3.63) is 120 Å². The van der Waals surface area contributed by atoms with Crippen LogP contribution in [0, 0.1) is 0 Å². The van der Waals surface area contributed by atoms with Gasteiger partial charge in [0.05, 0.1) is 25.5 Å². The van der Waals surface area contributed by atoms with E-state index in [0.29, 0.717) is 13.2 Å². The molecule has 0 unspecified atom stereocenters. The molecule has 1 saturated heterocycles. The van der Waals surface area contributed by atoms with E-state index in [1.807, 2.05) is 29.1 Å². The van der Waals surface area contributed by atoms with Gasteiger partial charge in [-0.1, -0.05) is 117 Å². The highest BCUT2D eigenvalue weighted by Crippen LogP contribution is 2.48. The van der Waals surface area contributed by atoms with E-state index >= 15 is 0 Å². The molecule has 40 heavy (non-hydrogen) atoms. The van der Waals surface area contributed by atoms with Crippen LogP contribution < -0.4 is 5.32 Å². The minimum atomic E-state index is -2.20. The fraction of sp³-hybridized carbons (Fsp3) is 0.394. The average molecular weight is 555 g/mol. The van der Waals surface area contributed by atoms with Gasteiger partial charge in [0.25, 0.3) is 0 Å². The van der Waals surface area contributed by atoms with E-state index in [1.165, 1.54) is 16.7 Å². The minimum Gasteiger partial charge on any atom is -0.402 e. The number of benzene rings is 3. The van der Waals surface area contributed by atoms with E-state index in [2.05, 4.69) is 122 Å². The molecule has 1 aromatic heterocycles. The topological polar surface area (TPSA) is 61.2 Å². The van der Waals surface area contributed by atoms with Gasteiger partial charge in [0.15, 0.2) is 8.32 Å². The molecule has 0 radical (unpaired) electrons. The molecule has 0 amide bonds. The Morgan fingerprint density at radius 2 is 1.45 bits per heavy atom. The zero-order chi connectivity index (χ0) is 28.2. The van der Waals surface area contributed by atoms with Crippen molar-refractivity contribution in [3.8, 4) is 0 Å². The fourth-order valence-corrected chi connectivity index (χ4v) is 6.77. The van der Waals surface area contributed by atoms with Crippen LogP contribution in [-0.2, 0) is 27.9 Å². The SMILES string of the molecule is CC(C)(C)[Si](C)(C)OC(c1ccccc1)(c1ccccc1)[C@@H]1C[C@@H](OCc2cn(Cc3ccccc3)nn2)CN1. The Morgan fingerprint density at radius 3 is 2.02 bits per heavy atom. The average Bonchev–Trinajstić information content (AvgIpc) is 3.61. The van der Waals surface area contributed by atoms with Crippen LogP contribution in [0.5, 0.6) is 0 Å². The van der Waals surface area contributed by atoms with Crippen molar-refractivity contribution in [2.24, 2.45) is 0 Å². The second kappa shape index (κ2) is 11.8. The Bertz CT molecular complexity index is 1310. The Balaban J connectivity index is 1.37. The molecule has 0 spiro atoms. The maximum Gasteiger partial charge on any atom is 0.193 e.